The van der Waals surface area contributed by atoms with Crippen molar-refractivity contribution in [2.24, 2.45) is 0 Å². The molecule has 2 aliphatic rings. The molecule has 6 heteroatoms. The number of carbonyl (C=O) groups excluding carboxylic acids is 2. The molecule has 0 aliphatic carbocycles. The number of likely N-dealkylation sites (N-methyl/N-ethyl adjacent to an activating group) is 1. The molecule has 152 valence electrons. The molecule has 0 bridgehead atoms. The Bertz CT molecular complexity index is 779. The highest BCUT2D eigenvalue weighted by atomic mass is 16.5. The summed E-state index contributed by atoms with van der Waals surface area (Å²) in [5, 5.41) is 0. The molecule has 1 saturated heterocycles. The molecule has 1 aromatic carbocycles. The van der Waals surface area contributed by atoms with Crippen LogP contribution in [0.15, 0.2) is 23.9 Å². The number of hydrogen-bond acceptors (Lipinski definition) is 5. The molecule has 0 saturated carbocycles. The molecule has 1 aromatic rings. The summed E-state index contributed by atoms with van der Waals surface area (Å²) in [4.78, 5) is 32.3. The fourth-order valence-corrected chi connectivity index (χ4v) is 3.90. The van der Waals surface area contributed by atoms with Crippen molar-refractivity contribution in [2.45, 2.75) is 27.2 Å². The fourth-order valence-electron chi connectivity index (χ4n) is 3.90. The molecule has 6 nitrogen and oxygen atoms in total. The van der Waals surface area contributed by atoms with E-state index >= 15 is 0 Å². The Labute approximate surface area is 167 Å². The molecule has 1 fully saturated rings. The zero-order chi connectivity index (χ0) is 20.3. The predicted molar refractivity (Wildman–Crippen MR) is 110 cm³/mol. The standard InChI is InChI=1S/C22H31N3O3/c1-5-28-14-6-9-25-21(26)19(18-8-7-16(2)15-17(18)3)20(22(25)27)24-12-10-23(4)11-13-24/h7-8,15H,5-6,9-14H2,1-4H3. The number of piperazine rings is 1. The first-order valence-corrected chi connectivity index (χ1v) is 10.1. The summed E-state index contributed by atoms with van der Waals surface area (Å²) in [5.41, 5.74) is 4.17. The molecule has 0 unspecified atom stereocenters. The van der Waals surface area contributed by atoms with Gasteiger partial charge in [0.15, 0.2) is 0 Å². The maximum absolute atomic E-state index is 13.3. The Morgan fingerprint density at radius 2 is 1.75 bits per heavy atom. The Kier molecular flexibility index (Phi) is 6.52. The highest BCUT2D eigenvalue weighted by Gasteiger charge is 2.42. The van der Waals surface area contributed by atoms with Gasteiger partial charge in [-0.25, -0.2) is 0 Å². The minimum absolute atomic E-state index is 0.166. The van der Waals surface area contributed by atoms with E-state index in [-0.39, 0.29) is 11.8 Å². The third kappa shape index (κ3) is 4.13. The van der Waals surface area contributed by atoms with Crippen molar-refractivity contribution in [1.82, 2.24) is 14.7 Å². The van der Waals surface area contributed by atoms with Gasteiger partial charge in [-0.3, -0.25) is 14.5 Å². The molecule has 0 atom stereocenters. The van der Waals surface area contributed by atoms with E-state index < -0.39 is 0 Å². The van der Waals surface area contributed by atoms with Crippen molar-refractivity contribution >= 4 is 17.4 Å². The van der Waals surface area contributed by atoms with E-state index in [4.69, 9.17) is 4.74 Å². The van der Waals surface area contributed by atoms with Crippen LogP contribution in [-0.2, 0) is 14.3 Å². The van der Waals surface area contributed by atoms with Gasteiger partial charge < -0.3 is 14.5 Å². The van der Waals surface area contributed by atoms with Crippen molar-refractivity contribution in [3.05, 3.63) is 40.6 Å². The second kappa shape index (κ2) is 8.88. The SMILES string of the molecule is CCOCCCN1C(=O)C(c2ccc(C)cc2C)=C(N2CCN(C)CC2)C1=O. The van der Waals surface area contributed by atoms with Crippen LogP contribution >= 0.6 is 0 Å². The lowest BCUT2D eigenvalue weighted by Gasteiger charge is -2.34. The van der Waals surface area contributed by atoms with Gasteiger partial charge in [-0.1, -0.05) is 23.8 Å². The Morgan fingerprint density at radius 3 is 2.39 bits per heavy atom. The van der Waals surface area contributed by atoms with Crippen molar-refractivity contribution in [3.8, 4) is 0 Å². The first-order chi connectivity index (χ1) is 13.4. The monoisotopic (exact) mass is 385 g/mol. The molecular formula is C22H31N3O3. The van der Waals surface area contributed by atoms with Crippen molar-refractivity contribution in [3.63, 3.8) is 0 Å². The van der Waals surface area contributed by atoms with Crippen LogP contribution in [0.2, 0.25) is 0 Å². The zero-order valence-corrected chi connectivity index (χ0v) is 17.5. The summed E-state index contributed by atoms with van der Waals surface area (Å²) in [5.74, 6) is -0.344. The number of amides is 2. The summed E-state index contributed by atoms with van der Waals surface area (Å²) in [6, 6.07) is 6.05. The van der Waals surface area contributed by atoms with Gasteiger partial charge >= 0.3 is 0 Å². The van der Waals surface area contributed by atoms with E-state index in [9.17, 15) is 9.59 Å². The minimum Gasteiger partial charge on any atom is -0.382 e. The van der Waals surface area contributed by atoms with E-state index in [2.05, 4.69) is 22.9 Å². The number of carbonyl (C=O) groups is 2. The molecule has 28 heavy (non-hydrogen) atoms. The maximum Gasteiger partial charge on any atom is 0.277 e. The quantitative estimate of drug-likeness (QED) is 0.531. The van der Waals surface area contributed by atoms with E-state index in [1.807, 2.05) is 32.9 Å². The van der Waals surface area contributed by atoms with Crippen molar-refractivity contribution in [1.29, 1.82) is 0 Å². The summed E-state index contributed by atoms with van der Waals surface area (Å²) in [6.07, 6.45) is 0.654. The first kappa shape index (κ1) is 20.6. The lowest BCUT2D eigenvalue weighted by atomic mass is 9.97. The fraction of sp³-hybridized carbons (Fsp3) is 0.545. The van der Waals surface area contributed by atoms with Gasteiger partial charge in [0, 0.05) is 45.9 Å². The van der Waals surface area contributed by atoms with Gasteiger partial charge in [0.1, 0.15) is 5.70 Å². The topological polar surface area (TPSA) is 53.1 Å². The average Bonchev–Trinajstić information content (AvgIpc) is 2.90. The van der Waals surface area contributed by atoms with Crippen LogP contribution in [0.3, 0.4) is 0 Å². The summed E-state index contributed by atoms with van der Waals surface area (Å²) >= 11 is 0. The summed E-state index contributed by atoms with van der Waals surface area (Å²) in [6.45, 7) is 10.8. The second-order valence-corrected chi connectivity index (χ2v) is 7.64. The van der Waals surface area contributed by atoms with Crippen LogP contribution in [0.25, 0.3) is 5.57 Å². The van der Waals surface area contributed by atoms with E-state index in [1.165, 1.54) is 4.90 Å². The molecule has 0 N–H and O–H groups in total. The summed E-state index contributed by atoms with van der Waals surface area (Å²) < 4.78 is 5.38. The third-order valence-corrected chi connectivity index (χ3v) is 5.49. The van der Waals surface area contributed by atoms with Crippen molar-refractivity contribution < 1.29 is 14.3 Å². The number of benzene rings is 1. The zero-order valence-electron chi connectivity index (χ0n) is 17.5. The predicted octanol–water partition coefficient (Wildman–Crippen LogP) is 2.06. The highest BCUT2D eigenvalue weighted by molar-refractivity contribution is 6.35. The maximum atomic E-state index is 13.3. The molecule has 2 aliphatic heterocycles. The van der Waals surface area contributed by atoms with Gasteiger partial charge in [-0.15, -0.1) is 0 Å². The largest absolute Gasteiger partial charge is 0.382 e. The van der Waals surface area contributed by atoms with Gasteiger partial charge in [0.2, 0.25) is 0 Å². The van der Waals surface area contributed by atoms with E-state index in [0.717, 1.165) is 42.9 Å². The Balaban J connectivity index is 1.95. The molecule has 0 radical (unpaired) electrons. The van der Waals surface area contributed by atoms with Crippen LogP contribution in [0.4, 0.5) is 0 Å². The van der Waals surface area contributed by atoms with Crippen LogP contribution in [0.1, 0.15) is 30.0 Å². The number of hydrogen-bond donors (Lipinski definition) is 0. The molecule has 2 heterocycles. The van der Waals surface area contributed by atoms with Crippen molar-refractivity contribution in [2.75, 3.05) is 53.0 Å². The Hall–Kier alpha value is -2.18. The van der Waals surface area contributed by atoms with Crippen LogP contribution in [0.5, 0.6) is 0 Å². The molecule has 2 amide bonds. The third-order valence-electron chi connectivity index (χ3n) is 5.49. The lowest BCUT2D eigenvalue weighted by molar-refractivity contribution is -0.137. The number of nitrogens with zero attached hydrogens (tertiary/aromatic N) is 3. The Morgan fingerprint density at radius 1 is 1.04 bits per heavy atom. The summed E-state index contributed by atoms with van der Waals surface area (Å²) in [7, 11) is 2.08. The number of rotatable bonds is 7. The normalized spacial score (nSPS) is 18.6. The molecular weight excluding hydrogens is 354 g/mol. The van der Waals surface area contributed by atoms with Crippen LogP contribution < -0.4 is 0 Å². The van der Waals surface area contributed by atoms with E-state index in [0.29, 0.717) is 37.4 Å². The first-order valence-electron chi connectivity index (χ1n) is 10.1. The van der Waals surface area contributed by atoms with Gasteiger partial charge in [-0.2, -0.15) is 0 Å². The van der Waals surface area contributed by atoms with Crippen LogP contribution in [-0.4, -0.2) is 79.5 Å². The lowest BCUT2D eigenvalue weighted by Crippen LogP contribution is -2.46. The minimum atomic E-state index is -0.178. The second-order valence-electron chi connectivity index (χ2n) is 7.64. The molecule has 3 rings (SSSR count). The number of ether oxygens (including phenoxy) is 1. The van der Waals surface area contributed by atoms with Crippen LogP contribution in [0, 0.1) is 13.8 Å². The number of aryl methyl sites for hydroxylation is 2. The highest BCUT2D eigenvalue weighted by Crippen LogP contribution is 2.34. The van der Waals surface area contributed by atoms with Gasteiger partial charge in [0.25, 0.3) is 11.8 Å². The van der Waals surface area contributed by atoms with Gasteiger partial charge in [0.05, 0.1) is 5.57 Å². The molecule has 0 spiro atoms. The van der Waals surface area contributed by atoms with Gasteiger partial charge in [-0.05, 0) is 45.4 Å². The average molecular weight is 386 g/mol. The van der Waals surface area contributed by atoms with E-state index in [1.54, 1.807) is 0 Å². The smallest absolute Gasteiger partial charge is 0.277 e. The number of imide groups is 1. The molecule has 0 aromatic heterocycles.